The van der Waals surface area contributed by atoms with Crippen molar-refractivity contribution in [2.45, 2.75) is 19.3 Å². The van der Waals surface area contributed by atoms with Gasteiger partial charge >= 0.3 is 0 Å². The molecule has 242 valence electrons. The van der Waals surface area contributed by atoms with Gasteiger partial charge in [0.25, 0.3) is 0 Å². The van der Waals surface area contributed by atoms with Crippen LogP contribution in [0.3, 0.4) is 0 Å². The lowest BCUT2D eigenvalue weighted by molar-refractivity contribution is 0.662. The first-order valence-corrected chi connectivity index (χ1v) is 17.7. The van der Waals surface area contributed by atoms with Crippen LogP contribution in [0.15, 0.2) is 180 Å². The van der Waals surface area contributed by atoms with Gasteiger partial charge in [0.1, 0.15) is 5.58 Å². The molecular weight excluding hydrogens is 619 g/mol. The Kier molecular flexibility index (Phi) is 6.56. The molecule has 8 aromatic carbocycles. The molecule has 0 N–H and O–H groups in total. The highest BCUT2D eigenvalue weighted by Crippen LogP contribution is 2.54. The van der Waals surface area contributed by atoms with Gasteiger partial charge in [-0.2, -0.15) is 0 Å². The lowest BCUT2D eigenvalue weighted by atomic mass is 9.78. The molecule has 0 amide bonds. The number of fused-ring (bicyclic) bond motifs is 8. The SMILES string of the molecule is CC1(C)c2cc(N(c3ccc(-c4ccccc4)cc3)c3cccc4c3oc3ccc5ccccc5c34)ccc2-c2cccc(-c3ccccc3)c21. The maximum absolute atomic E-state index is 6.82. The first-order chi connectivity index (χ1) is 25.1. The molecule has 1 aliphatic rings. The predicted octanol–water partition coefficient (Wildman–Crippen LogP) is 13.8. The molecule has 1 heterocycles. The molecule has 0 saturated heterocycles. The number of rotatable bonds is 5. The normalized spacial score (nSPS) is 13.1. The second-order valence-corrected chi connectivity index (χ2v) is 14.1. The number of hydrogen-bond donors (Lipinski definition) is 0. The van der Waals surface area contributed by atoms with E-state index in [0.717, 1.165) is 39.0 Å². The standard InChI is InChI=1S/C49H35NO/c1-49(2)43-31-37(28-29-40(43)41-20-11-19-39(47(41)49)34-15-7-4-8-16-34)50(36-26-23-33(24-27-36)32-13-5-3-6-14-32)44-22-12-21-42-46-38-18-10-9-17-35(38)25-30-45(46)51-48(42)44/h3-31H,1-2H3. The van der Waals surface area contributed by atoms with Crippen LogP contribution in [0.5, 0.6) is 0 Å². The number of hydrogen-bond acceptors (Lipinski definition) is 2. The van der Waals surface area contributed by atoms with E-state index in [1.54, 1.807) is 0 Å². The van der Waals surface area contributed by atoms with Gasteiger partial charge in [-0.3, -0.25) is 0 Å². The predicted molar refractivity (Wildman–Crippen MR) is 214 cm³/mol. The van der Waals surface area contributed by atoms with Crippen LogP contribution < -0.4 is 4.90 Å². The summed E-state index contributed by atoms with van der Waals surface area (Å²) in [6, 6.07) is 63.5. The summed E-state index contributed by atoms with van der Waals surface area (Å²) in [5.74, 6) is 0. The highest BCUT2D eigenvalue weighted by Gasteiger charge is 2.38. The largest absolute Gasteiger partial charge is 0.454 e. The Balaban J connectivity index is 1.18. The van der Waals surface area contributed by atoms with Crippen LogP contribution in [0.25, 0.3) is 66.1 Å². The van der Waals surface area contributed by atoms with E-state index in [-0.39, 0.29) is 5.41 Å². The quantitative estimate of drug-likeness (QED) is 0.184. The summed E-state index contributed by atoms with van der Waals surface area (Å²) in [5, 5.41) is 4.69. The average Bonchev–Trinajstić information content (AvgIpc) is 3.69. The monoisotopic (exact) mass is 653 g/mol. The first kappa shape index (κ1) is 29.5. The molecule has 0 aliphatic heterocycles. The number of nitrogens with zero attached hydrogens (tertiary/aromatic N) is 1. The zero-order valence-corrected chi connectivity index (χ0v) is 28.6. The molecule has 2 nitrogen and oxygen atoms in total. The molecule has 0 saturated carbocycles. The molecule has 10 rings (SSSR count). The Labute approximate surface area is 297 Å². The Morgan fingerprint density at radius 3 is 1.92 bits per heavy atom. The summed E-state index contributed by atoms with van der Waals surface area (Å²) >= 11 is 0. The smallest absolute Gasteiger partial charge is 0.159 e. The fourth-order valence-corrected chi connectivity index (χ4v) is 8.46. The lowest BCUT2D eigenvalue weighted by Gasteiger charge is -2.29. The number of anilines is 3. The van der Waals surface area contributed by atoms with Crippen molar-refractivity contribution in [3.05, 3.63) is 187 Å². The van der Waals surface area contributed by atoms with Gasteiger partial charge < -0.3 is 9.32 Å². The van der Waals surface area contributed by atoms with Crippen LogP contribution in [0.1, 0.15) is 25.0 Å². The van der Waals surface area contributed by atoms with Crippen molar-refractivity contribution in [1.82, 2.24) is 0 Å². The summed E-state index contributed by atoms with van der Waals surface area (Å²) in [6.07, 6.45) is 0. The maximum Gasteiger partial charge on any atom is 0.159 e. The van der Waals surface area contributed by atoms with E-state index in [1.807, 2.05) is 0 Å². The molecule has 0 radical (unpaired) electrons. The van der Waals surface area contributed by atoms with E-state index < -0.39 is 0 Å². The van der Waals surface area contributed by atoms with E-state index in [0.29, 0.717) is 0 Å². The van der Waals surface area contributed by atoms with Crippen molar-refractivity contribution in [1.29, 1.82) is 0 Å². The second kappa shape index (κ2) is 11.3. The highest BCUT2D eigenvalue weighted by molar-refractivity contribution is 6.21. The Morgan fingerprint density at radius 2 is 1.12 bits per heavy atom. The molecule has 2 heteroatoms. The molecule has 0 bridgehead atoms. The molecule has 0 atom stereocenters. The maximum atomic E-state index is 6.82. The van der Waals surface area contributed by atoms with Crippen LogP contribution in [-0.2, 0) is 5.41 Å². The average molecular weight is 654 g/mol. The third-order valence-corrected chi connectivity index (χ3v) is 10.8. The van der Waals surface area contributed by atoms with Crippen molar-refractivity contribution in [3.63, 3.8) is 0 Å². The molecule has 0 spiro atoms. The third kappa shape index (κ3) is 4.57. The van der Waals surface area contributed by atoms with E-state index in [2.05, 4.69) is 195 Å². The topological polar surface area (TPSA) is 16.4 Å². The van der Waals surface area contributed by atoms with Gasteiger partial charge in [0, 0.05) is 27.6 Å². The number of para-hydroxylation sites is 1. The second-order valence-electron chi connectivity index (χ2n) is 14.1. The van der Waals surface area contributed by atoms with Crippen molar-refractivity contribution in [2.24, 2.45) is 0 Å². The Bertz CT molecular complexity index is 2760. The van der Waals surface area contributed by atoms with E-state index >= 15 is 0 Å². The van der Waals surface area contributed by atoms with Crippen LogP contribution in [0.2, 0.25) is 0 Å². The zero-order chi connectivity index (χ0) is 34.1. The van der Waals surface area contributed by atoms with Gasteiger partial charge in [-0.1, -0.05) is 153 Å². The summed E-state index contributed by atoms with van der Waals surface area (Å²) in [6.45, 7) is 4.75. The van der Waals surface area contributed by atoms with Crippen LogP contribution in [-0.4, -0.2) is 0 Å². The third-order valence-electron chi connectivity index (χ3n) is 10.8. The minimum atomic E-state index is -0.208. The summed E-state index contributed by atoms with van der Waals surface area (Å²) in [4.78, 5) is 2.37. The van der Waals surface area contributed by atoms with Gasteiger partial charge in [0.2, 0.25) is 0 Å². The molecule has 1 aromatic heterocycles. The van der Waals surface area contributed by atoms with Crippen molar-refractivity contribution < 1.29 is 4.42 Å². The number of benzene rings is 8. The summed E-state index contributed by atoms with van der Waals surface area (Å²) in [5.41, 5.74) is 15.0. The van der Waals surface area contributed by atoms with Gasteiger partial charge in [-0.25, -0.2) is 0 Å². The van der Waals surface area contributed by atoms with Crippen molar-refractivity contribution in [2.75, 3.05) is 4.90 Å². The minimum absolute atomic E-state index is 0.208. The Morgan fingerprint density at radius 1 is 0.471 bits per heavy atom. The van der Waals surface area contributed by atoms with Gasteiger partial charge in [0.05, 0.1) is 5.69 Å². The zero-order valence-electron chi connectivity index (χ0n) is 28.6. The first-order valence-electron chi connectivity index (χ1n) is 17.7. The van der Waals surface area contributed by atoms with E-state index in [9.17, 15) is 0 Å². The summed E-state index contributed by atoms with van der Waals surface area (Å²) < 4.78 is 6.82. The van der Waals surface area contributed by atoms with E-state index in [4.69, 9.17) is 4.42 Å². The van der Waals surface area contributed by atoms with Crippen molar-refractivity contribution in [3.8, 4) is 33.4 Å². The van der Waals surface area contributed by atoms with Gasteiger partial charge in [-0.05, 0) is 91.7 Å². The van der Waals surface area contributed by atoms with Gasteiger partial charge in [0.15, 0.2) is 5.58 Å². The Hall–Kier alpha value is -6.38. The van der Waals surface area contributed by atoms with Crippen LogP contribution >= 0.6 is 0 Å². The summed E-state index contributed by atoms with van der Waals surface area (Å²) in [7, 11) is 0. The fourth-order valence-electron chi connectivity index (χ4n) is 8.46. The highest BCUT2D eigenvalue weighted by atomic mass is 16.3. The molecule has 9 aromatic rings. The molecule has 0 fully saturated rings. The van der Waals surface area contributed by atoms with Gasteiger partial charge in [-0.15, -0.1) is 0 Å². The molecule has 0 unspecified atom stereocenters. The van der Waals surface area contributed by atoms with E-state index in [1.165, 1.54) is 55.3 Å². The minimum Gasteiger partial charge on any atom is -0.454 e. The molecular formula is C49H35NO. The van der Waals surface area contributed by atoms with Crippen LogP contribution in [0, 0.1) is 0 Å². The lowest BCUT2D eigenvalue weighted by Crippen LogP contribution is -2.17. The molecule has 51 heavy (non-hydrogen) atoms. The fraction of sp³-hybridized carbons (Fsp3) is 0.0612. The molecule has 1 aliphatic carbocycles. The number of furan rings is 1. The van der Waals surface area contributed by atoms with Crippen molar-refractivity contribution >= 4 is 49.8 Å². The van der Waals surface area contributed by atoms with Crippen LogP contribution in [0.4, 0.5) is 17.1 Å².